The van der Waals surface area contributed by atoms with Crippen molar-refractivity contribution in [3.63, 3.8) is 0 Å². The standard InChI is InChI=1S/C15H27N3O/c1-12(2)18-10-7-13(17-18)11-14(16)15(19-3)8-5-4-6-9-15/h7,10,12,14H,4-6,8-9,11,16H2,1-3H3. The molecule has 1 aromatic rings. The first kappa shape index (κ1) is 14.5. The van der Waals surface area contributed by atoms with Crippen molar-refractivity contribution in [2.24, 2.45) is 5.73 Å². The van der Waals surface area contributed by atoms with Crippen molar-refractivity contribution in [1.82, 2.24) is 9.78 Å². The lowest BCUT2D eigenvalue weighted by molar-refractivity contribution is -0.0584. The third-order valence-corrected chi connectivity index (χ3v) is 4.40. The van der Waals surface area contributed by atoms with E-state index in [0.29, 0.717) is 6.04 Å². The van der Waals surface area contributed by atoms with Crippen molar-refractivity contribution >= 4 is 0 Å². The topological polar surface area (TPSA) is 53.1 Å². The molecule has 0 spiro atoms. The number of hydrogen-bond donors (Lipinski definition) is 1. The minimum atomic E-state index is -0.139. The van der Waals surface area contributed by atoms with Gasteiger partial charge < -0.3 is 10.5 Å². The van der Waals surface area contributed by atoms with Crippen LogP contribution in [0.4, 0.5) is 0 Å². The van der Waals surface area contributed by atoms with Crippen LogP contribution in [0, 0.1) is 0 Å². The quantitative estimate of drug-likeness (QED) is 0.890. The highest BCUT2D eigenvalue weighted by Crippen LogP contribution is 2.34. The molecule has 0 aromatic carbocycles. The van der Waals surface area contributed by atoms with E-state index in [1.165, 1.54) is 19.3 Å². The maximum absolute atomic E-state index is 6.44. The van der Waals surface area contributed by atoms with Crippen LogP contribution in [0.25, 0.3) is 0 Å². The molecule has 1 heterocycles. The molecule has 1 aromatic heterocycles. The second-order valence-electron chi connectivity index (χ2n) is 6.02. The Balaban J connectivity index is 2.03. The summed E-state index contributed by atoms with van der Waals surface area (Å²) in [6.07, 6.45) is 8.75. The lowest BCUT2D eigenvalue weighted by Gasteiger charge is -2.40. The zero-order chi connectivity index (χ0) is 13.9. The zero-order valence-electron chi connectivity index (χ0n) is 12.4. The average molecular weight is 265 g/mol. The van der Waals surface area contributed by atoms with Gasteiger partial charge in [-0.1, -0.05) is 19.3 Å². The molecule has 0 amide bonds. The summed E-state index contributed by atoms with van der Waals surface area (Å²) in [5.41, 5.74) is 7.37. The van der Waals surface area contributed by atoms with Gasteiger partial charge in [0.2, 0.25) is 0 Å². The second-order valence-corrected chi connectivity index (χ2v) is 6.02. The van der Waals surface area contributed by atoms with Crippen molar-refractivity contribution in [2.75, 3.05) is 7.11 Å². The summed E-state index contributed by atoms with van der Waals surface area (Å²) in [6, 6.07) is 2.51. The number of rotatable bonds is 5. The maximum atomic E-state index is 6.44. The first-order valence-corrected chi connectivity index (χ1v) is 7.42. The van der Waals surface area contributed by atoms with Crippen molar-refractivity contribution in [2.45, 2.75) is 70.1 Å². The van der Waals surface area contributed by atoms with Gasteiger partial charge in [0.1, 0.15) is 0 Å². The van der Waals surface area contributed by atoms with Crippen LogP contribution in [0.15, 0.2) is 12.3 Å². The molecule has 0 aliphatic heterocycles. The normalized spacial score (nSPS) is 20.7. The minimum Gasteiger partial charge on any atom is -0.377 e. The summed E-state index contributed by atoms with van der Waals surface area (Å²) in [6.45, 7) is 4.27. The summed E-state index contributed by atoms with van der Waals surface area (Å²) in [5.74, 6) is 0. The molecule has 1 saturated carbocycles. The van der Waals surface area contributed by atoms with Gasteiger partial charge in [-0.2, -0.15) is 5.10 Å². The third-order valence-electron chi connectivity index (χ3n) is 4.40. The fourth-order valence-corrected chi connectivity index (χ4v) is 3.06. The molecule has 0 bridgehead atoms. The SMILES string of the molecule is COC1(C(N)Cc2ccn(C(C)C)n2)CCCCC1. The molecule has 4 heteroatoms. The number of nitrogens with zero attached hydrogens (tertiary/aromatic N) is 2. The Morgan fingerprint density at radius 3 is 2.58 bits per heavy atom. The van der Waals surface area contributed by atoms with E-state index in [4.69, 9.17) is 10.5 Å². The highest BCUT2D eigenvalue weighted by atomic mass is 16.5. The molecule has 19 heavy (non-hydrogen) atoms. The molecule has 1 fully saturated rings. The van der Waals surface area contributed by atoms with E-state index < -0.39 is 0 Å². The van der Waals surface area contributed by atoms with Crippen LogP contribution < -0.4 is 5.73 Å². The van der Waals surface area contributed by atoms with Crippen LogP contribution in [0.2, 0.25) is 0 Å². The van der Waals surface area contributed by atoms with Gasteiger partial charge in [-0.05, 0) is 32.8 Å². The molecule has 2 N–H and O–H groups in total. The first-order chi connectivity index (χ1) is 9.07. The monoisotopic (exact) mass is 265 g/mol. The summed E-state index contributed by atoms with van der Waals surface area (Å²) in [5, 5.41) is 4.59. The van der Waals surface area contributed by atoms with E-state index >= 15 is 0 Å². The number of hydrogen-bond acceptors (Lipinski definition) is 3. The van der Waals surface area contributed by atoms with Crippen LogP contribution in [0.3, 0.4) is 0 Å². The first-order valence-electron chi connectivity index (χ1n) is 7.42. The van der Waals surface area contributed by atoms with Gasteiger partial charge in [0.15, 0.2) is 0 Å². The Kier molecular flexibility index (Phi) is 4.63. The third kappa shape index (κ3) is 3.18. The van der Waals surface area contributed by atoms with Gasteiger partial charge in [-0.25, -0.2) is 0 Å². The summed E-state index contributed by atoms with van der Waals surface area (Å²) >= 11 is 0. The Morgan fingerprint density at radius 2 is 2.05 bits per heavy atom. The molecule has 0 saturated heterocycles. The number of ether oxygens (including phenoxy) is 1. The Hall–Kier alpha value is -0.870. The van der Waals surface area contributed by atoms with E-state index in [1.54, 1.807) is 7.11 Å². The van der Waals surface area contributed by atoms with Crippen molar-refractivity contribution in [3.8, 4) is 0 Å². The molecule has 1 aliphatic carbocycles. The van der Waals surface area contributed by atoms with Crippen molar-refractivity contribution in [3.05, 3.63) is 18.0 Å². The largest absolute Gasteiger partial charge is 0.377 e. The Bertz CT molecular complexity index is 394. The Morgan fingerprint density at radius 1 is 1.37 bits per heavy atom. The highest BCUT2D eigenvalue weighted by Gasteiger charge is 2.38. The van der Waals surface area contributed by atoms with Gasteiger partial charge in [-0.15, -0.1) is 0 Å². The van der Waals surface area contributed by atoms with Gasteiger partial charge in [0.25, 0.3) is 0 Å². The zero-order valence-corrected chi connectivity index (χ0v) is 12.4. The number of nitrogens with two attached hydrogens (primary N) is 1. The summed E-state index contributed by atoms with van der Waals surface area (Å²) in [4.78, 5) is 0. The van der Waals surface area contributed by atoms with Crippen LogP contribution >= 0.6 is 0 Å². The molecule has 1 atom stereocenters. The van der Waals surface area contributed by atoms with Gasteiger partial charge in [-0.3, -0.25) is 4.68 Å². The van der Waals surface area contributed by atoms with E-state index in [9.17, 15) is 0 Å². The van der Waals surface area contributed by atoms with E-state index in [1.807, 2.05) is 10.9 Å². The Labute approximate surface area is 116 Å². The maximum Gasteiger partial charge on any atom is 0.0832 e. The van der Waals surface area contributed by atoms with E-state index in [0.717, 1.165) is 25.0 Å². The lowest BCUT2D eigenvalue weighted by atomic mass is 9.78. The van der Waals surface area contributed by atoms with E-state index in [-0.39, 0.29) is 11.6 Å². The van der Waals surface area contributed by atoms with Crippen molar-refractivity contribution in [1.29, 1.82) is 0 Å². The minimum absolute atomic E-state index is 0.0355. The predicted octanol–water partition coefficient (Wildman–Crippen LogP) is 2.68. The number of aromatic nitrogens is 2. The van der Waals surface area contributed by atoms with Crippen LogP contribution in [-0.4, -0.2) is 28.5 Å². The summed E-state index contributed by atoms with van der Waals surface area (Å²) < 4.78 is 7.80. The highest BCUT2D eigenvalue weighted by molar-refractivity contribution is 5.06. The number of methoxy groups -OCH3 is 1. The molecular weight excluding hydrogens is 238 g/mol. The van der Waals surface area contributed by atoms with Gasteiger partial charge in [0, 0.05) is 31.8 Å². The lowest BCUT2D eigenvalue weighted by Crippen LogP contribution is -2.52. The van der Waals surface area contributed by atoms with Gasteiger partial charge in [0.05, 0.1) is 11.3 Å². The van der Waals surface area contributed by atoms with Crippen LogP contribution in [-0.2, 0) is 11.2 Å². The molecule has 2 rings (SSSR count). The molecule has 1 unspecified atom stereocenters. The fraction of sp³-hybridized carbons (Fsp3) is 0.800. The van der Waals surface area contributed by atoms with Crippen LogP contribution in [0.5, 0.6) is 0 Å². The summed E-state index contributed by atoms with van der Waals surface area (Å²) in [7, 11) is 1.80. The average Bonchev–Trinajstić information content (AvgIpc) is 2.88. The van der Waals surface area contributed by atoms with Crippen LogP contribution in [0.1, 0.15) is 57.7 Å². The molecule has 108 valence electrons. The fourth-order valence-electron chi connectivity index (χ4n) is 3.06. The second kappa shape index (κ2) is 6.06. The molecule has 0 radical (unpaired) electrons. The smallest absolute Gasteiger partial charge is 0.0832 e. The van der Waals surface area contributed by atoms with Gasteiger partial charge >= 0.3 is 0 Å². The molecular formula is C15H27N3O. The molecule has 4 nitrogen and oxygen atoms in total. The molecule has 1 aliphatic rings. The van der Waals surface area contributed by atoms with Crippen molar-refractivity contribution < 1.29 is 4.74 Å². The predicted molar refractivity (Wildman–Crippen MR) is 77.1 cm³/mol. The van der Waals surface area contributed by atoms with E-state index in [2.05, 4.69) is 25.0 Å².